The van der Waals surface area contributed by atoms with Crippen molar-refractivity contribution in [2.45, 2.75) is 32.6 Å². The van der Waals surface area contributed by atoms with Crippen LogP contribution in [0.5, 0.6) is 0 Å². The average Bonchev–Trinajstić information content (AvgIpc) is 2.90. The summed E-state index contributed by atoms with van der Waals surface area (Å²) in [4.78, 5) is 0. The van der Waals surface area contributed by atoms with E-state index in [2.05, 4.69) is 31.2 Å². The Bertz CT molecular complexity index is 1410. The van der Waals surface area contributed by atoms with Crippen molar-refractivity contribution >= 4 is 12.2 Å². The third-order valence-electron chi connectivity index (χ3n) is 6.27. The molecule has 0 aliphatic rings. The molecule has 0 aromatic heterocycles. The van der Waals surface area contributed by atoms with Gasteiger partial charge in [-0.05, 0) is 70.5 Å². The van der Waals surface area contributed by atoms with Gasteiger partial charge in [-0.1, -0.05) is 92.2 Å². The molecule has 38 heavy (non-hydrogen) atoms. The molecule has 0 fully saturated rings. The van der Waals surface area contributed by atoms with Crippen LogP contribution in [0.15, 0.2) is 91.0 Å². The Hall–Kier alpha value is -3.99. The van der Waals surface area contributed by atoms with Crippen LogP contribution < -0.4 is 0 Å². The molecule has 0 heterocycles. The molecule has 0 aliphatic heterocycles. The summed E-state index contributed by atoms with van der Waals surface area (Å²) in [5, 5.41) is 0. The highest BCUT2D eigenvalue weighted by Gasteiger charge is 2.10. The Morgan fingerprint density at radius 2 is 1.21 bits per heavy atom. The normalized spacial score (nSPS) is 11.8. The first-order chi connectivity index (χ1) is 18.3. The minimum absolute atomic E-state index is 0.198. The number of rotatable bonds is 9. The van der Waals surface area contributed by atoms with Crippen molar-refractivity contribution in [1.29, 1.82) is 0 Å². The highest BCUT2D eigenvalue weighted by molar-refractivity contribution is 5.74. The summed E-state index contributed by atoms with van der Waals surface area (Å²) < 4.78 is 67.9. The van der Waals surface area contributed by atoms with Gasteiger partial charge in [0.1, 0.15) is 17.5 Å². The summed E-state index contributed by atoms with van der Waals surface area (Å²) >= 11 is 0. The van der Waals surface area contributed by atoms with E-state index >= 15 is 0 Å². The summed E-state index contributed by atoms with van der Waals surface area (Å²) in [6.45, 7) is 2.16. The lowest BCUT2D eigenvalue weighted by Gasteiger charge is -2.08. The molecule has 0 N–H and O–H groups in total. The van der Waals surface area contributed by atoms with Gasteiger partial charge in [-0.3, -0.25) is 0 Å². The van der Waals surface area contributed by atoms with Crippen LogP contribution >= 0.6 is 0 Å². The molecule has 0 nitrogen and oxygen atoms in total. The zero-order chi connectivity index (χ0) is 27.1. The minimum Gasteiger partial charge on any atom is -0.207 e. The fourth-order valence-electron chi connectivity index (χ4n) is 4.24. The largest absolute Gasteiger partial charge is 0.257 e. The summed E-state index contributed by atoms with van der Waals surface area (Å²) in [7, 11) is 0. The maximum atomic E-state index is 14.8. The highest BCUT2D eigenvalue weighted by atomic mass is 19.3. The first-order valence-corrected chi connectivity index (χ1v) is 12.4. The third kappa shape index (κ3) is 6.86. The molecular formula is C33H27F5. The molecule has 0 unspecified atom stereocenters. The maximum Gasteiger partial charge on any atom is 0.257 e. The molecule has 0 atom stereocenters. The van der Waals surface area contributed by atoms with Gasteiger partial charge in [-0.15, -0.1) is 0 Å². The predicted octanol–water partition coefficient (Wildman–Crippen LogP) is 9.92. The molecular weight excluding hydrogens is 491 g/mol. The van der Waals surface area contributed by atoms with Crippen molar-refractivity contribution in [2.75, 3.05) is 0 Å². The Balaban J connectivity index is 1.47. The summed E-state index contributed by atoms with van der Waals surface area (Å²) in [6, 6.07) is 23.4. The van der Waals surface area contributed by atoms with Gasteiger partial charge in [-0.2, -0.15) is 0 Å². The second kappa shape index (κ2) is 12.5. The van der Waals surface area contributed by atoms with Crippen LogP contribution in [-0.4, -0.2) is 6.43 Å². The highest BCUT2D eigenvalue weighted by Crippen LogP contribution is 2.27. The van der Waals surface area contributed by atoms with Crippen molar-refractivity contribution in [3.05, 3.63) is 131 Å². The molecule has 0 aliphatic carbocycles. The van der Waals surface area contributed by atoms with Gasteiger partial charge in [0.2, 0.25) is 0 Å². The molecule has 0 spiro atoms. The lowest BCUT2D eigenvalue weighted by Crippen LogP contribution is -1.96. The fourth-order valence-corrected chi connectivity index (χ4v) is 4.24. The molecule has 0 amide bonds. The summed E-state index contributed by atoms with van der Waals surface area (Å²) in [5.74, 6) is -2.16. The van der Waals surface area contributed by atoms with E-state index in [9.17, 15) is 22.0 Å². The number of halogens is 5. The second-order valence-electron chi connectivity index (χ2n) is 9.02. The van der Waals surface area contributed by atoms with E-state index in [-0.39, 0.29) is 23.1 Å². The lowest BCUT2D eigenvalue weighted by molar-refractivity contribution is 0.204. The fraction of sp³-hybridized carbons (Fsp3) is 0.152. The third-order valence-corrected chi connectivity index (χ3v) is 6.27. The SMILES string of the molecule is CCCc1ccc(-c2ccc(-c3ccc(C=Cc4cc(F)c(CC=CC(F)F)c(F)c4)c(F)c3)cc2)cc1. The van der Waals surface area contributed by atoms with E-state index in [0.29, 0.717) is 11.6 Å². The Kier molecular flexibility index (Phi) is 8.90. The van der Waals surface area contributed by atoms with Gasteiger partial charge in [-0.25, -0.2) is 22.0 Å². The van der Waals surface area contributed by atoms with Crippen molar-refractivity contribution in [3.8, 4) is 22.3 Å². The number of hydrogen-bond acceptors (Lipinski definition) is 0. The van der Waals surface area contributed by atoms with Crippen LogP contribution in [0.1, 0.15) is 35.6 Å². The number of allylic oxidation sites excluding steroid dienone is 2. The van der Waals surface area contributed by atoms with Gasteiger partial charge in [0.15, 0.2) is 0 Å². The van der Waals surface area contributed by atoms with E-state index < -0.39 is 23.9 Å². The molecule has 0 saturated carbocycles. The number of hydrogen-bond donors (Lipinski definition) is 0. The van der Waals surface area contributed by atoms with Crippen LogP contribution in [0.4, 0.5) is 22.0 Å². The smallest absolute Gasteiger partial charge is 0.207 e. The van der Waals surface area contributed by atoms with Gasteiger partial charge in [0.05, 0.1) is 0 Å². The van der Waals surface area contributed by atoms with E-state index in [1.54, 1.807) is 12.1 Å². The van der Waals surface area contributed by atoms with Crippen molar-refractivity contribution < 1.29 is 22.0 Å². The number of aryl methyl sites for hydroxylation is 1. The van der Waals surface area contributed by atoms with Gasteiger partial charge < -0.3 is 0 Å². The maximum absolute atomic E-state index is 14.8. The molecule has 194 valence electrons. The van der Waals surface area contributed by atoms with E-state index in [4.69, 9.17) is 0 Å². The minimum atomic E-state index is -2.68. The van der Waals surface area contributed by atoms with Crippen molar-refractivity contribution in [2.24, 2.45) is 0 Å². The van der Waals surface area contributed by atoms with E-state index in [0.717, 1.165) is 47.7 Å². The second-order valence-corrected chi connectivity index (χ2v) is 9.02. The van der Waals surface area contributed by atoms with Crippen LogP contribution in [-0.2, 0) is 12.8 Å². The molecule has 4 aromatic rings. The lowest BCUT2D eigenvalue weighted by atomic mass is 9.98. The molecule has 0 radical (unpaired) electrons. The monoisotopic (exact) mass is 518 g/mol. The predicted molar refractivity (Wildman–Crippen MR) is 145 cm³/mol. The Morgan fingerprint density at radius 3 is 1.76 bits per heavy atom. The average molecular weight is 519 g/mol. The van der Waals surface area contributed by atoms with Crippen molar-refractivity contribution in [1.82, 2.24) is 0 Å². The Morgan fingerprint density at radius 1 is 0.658 bits per heavy atom. The topological polar surface area (TPSA) is 0 Å². The molecule has 0 bridgehead atoms. The standard InChI is InChI=1S/C33H27F5/c1-2-4-22-7-10-24(11-8-22)25-13-15-26(16-14-25)28-18-17-27(30(34)21-28)12-9-23-19-31(35)29(32(36)20-23)5-3-6-33(37)38/h3,6-21,33H,2,4-5H2,1H3. The van der Waals surface area contributed by atoms with Gasteiger partial charge in [0.25, 0.3) is 6.43 Å². The van der Waals surface area contributed by atoms with Crippen LogP contribution in [0, 0.1) is 17.5 Å². The first-order valence-electron chi connectivity index (χ1n) is 12.4. The first kappa shape index (κ1) is 27.1. The molecule has 4 aromatic carbocycles. The van der Waals surface area contributed by atoms with E-state index in [1.807, 2.05) is 24.3 Å². The van der Waals surface area contributed by atoms with Crippen LogP contribution in [0.25, 0.3) is 34.4 Å². The Labute approximate surface area is 219 Å². The quantitative estimate of drug-likeness (QED) is 0.117. The molecule has 0 saturated heterocycles. The molecule has 5 heteroatoms. The van der Waals surface area contributed by atoms with Crippen molar-refractivity contribution in [3.63, 3.8) is 0 Å². The number of benzene rings is 4. The van der Waals surface area contributed by atoms with Crippen LogP contribution in [0.3, 0.4) is 0 Å². The van der Waals surface area contributed by atoms with Crippen LogP contribution in [0.2, 0.25) is 0 Å². The van der Waals surface area contributed by atoms with Gasteiger partial charge in [0, 0.05) is 11.1 Å². The molecule has 4 rings (SSSR count). The summed E-state index contributed by atoms with van der Waals surface area (Å²) in [5.41, 5.74) is 5.25. The van der Waals surface area contributed by atoms with Gasteiger partial charge >= 0.3 is 0 Å². The zero-order valence-corrected chi connectivity index (χ0v) is 20.9. The number of alkyl halides is 2. The zero-order valence-electron chi connectivity index (χ0n) is 20.9. The van der Waals surface area contributed by atoms with E-state index in [1.165, 1.54) is 23.8 Å². The summed E-state index contributed by atoms with van der Waals surface area (Å²) in [6.07, 6.45) is 3.65.